The van der Waals surface area contributed by atoms with E-state index in [1.54, 1.807) is 6.26 Å². The Morgan fingerprint density at radius 2 is 2.14 bits per heavy atom. The summed E-state index contributed by atoms with van der Waals surface area (Å²) in [6.07, 6.45) is 6.97. The third-order valence-corrected chi connectivity index (χ3v) is 4.19. The molecule has 0 atom stereocenters. The summed E-state index contributed by atoms with van der Waals surface area (Å²) in [5, 5.41) is 1.05. The van der Waals surface area contributed by atoms with Gasteiger partial charge in [-0.1, -0.05) is 15.9 Å². The molecule has 14 heavy (non-hydrogen) atoms. The van der Waals surface area contributed by atoms with Crippen molar-refractivity contribution in [2.45, 2.75) is 19.3 Å². The molecule has 3 heteroatoms. The maximum absolute atomic E-state index is 5.40. The van der Waals surface area contributed by atoms with Gasteiger partial charge in [0.2, 0.25) is 0 Å². The van der Waals surface area contributed by atoms with Gasteiger partial charge in [0.25, 0.3) is 0 Å². The molecule has 0 saturated carbocycles. The summed E-state index contributed by atoms with van der Waals surface area (Å²) in [5.41, 5.74) is 1.67. The second-order valence-corrected chi connectivity index (χ2v) is 4.62. The van der Waals surface area contributed by atoms with Crippen LogP contribution in [0.2, 0.25) is 0 Å². The summed E-state index contributed by atoms with van der Waals surface area (Å²) in [5.74, 6) is 0. The van der Waals surface area contributed by atoms with Crippen LogP contribution in [0.3, 0.4) is 0 Å². The monoisotopic (exact) mass is 258 g/mol. The van der Waals surface area contributed by atoms with Crippen LogP contribution in [0.4, 0.5) is 0 Å². The first kappa shape index (κ1) is 10.2. The Kier molecular flexibility index (Phi) is 3.29. The van der Waals surface area contributed by atoms with Gasteiger partial charge in [-0.25, -0.2) is 0 Å². The average Bonchev–Trinajstić information content (AvgIpc) is 2.72. The summed E-state index contributed by atoms with van der Waals surface area (Å²) in [7, 11) is 0. The van der Waals surface area contributed by atoms with Gasteiger partial charge in [-0.15, -0.1) is 0 Å². The summed E-state index contributed by atoms with van der Waals surface area (Å²) < 4.78 is 10.5. The SMILES string of the molecule is BrCC1(Cc2ccoc2)CCOCC1. The molecule has 1 aromatic rings. The van der Waals surface area contributed by atoms with Crippen LogP contribution in [0.25, 0.3) is 0 Å². The molecule has 2 heterocycles. The van der Waals surface area contributed by atoms with Crippen molar-refractivity contribution in [1.29, 1.82) is 0 Å². The average molecular weight is 259 g/mol. The molecule has 78 valence electrons. The first-order chi connectivity index (χ1) is 6.85. The van der Waals surface area contributed by atoms with Gasteiger partial charge in [-0.2, -0.15) is 0 Å². The molecule has 0 amide bonds. The third-order valence-electron chi connectivity index (χ3n) is 3.00. The van der Waals surface area contributed by atoms with Gasteiger partial charge < -0.3 is 9.15 Å². The number of furan rings is 1. The van der Waals surface area contributed by atoms with Crippen LogP contribution in [-0.4, -0.2) is 18.5 Å². The fourth-order valence-electron chi connectivity index (χ4n) is 1.99. The molecule has 0 spiro atoms. The molecule has 2 rings (SSSR count). The Hall–Kier alpha value is -0.280. The van der Waals surface area contributed by atoms with Crippen LogP contribution in [-0.2, 0) is 11.2 Å². The van der Waals surface area contributed by atoms with E-state index in [1.807, 2.05) is 6.26 Å². The largest absolute Gasteiger partial charge is 0.472 e. The summed E-state index contributed by atoms with van der Waals surface area (Å²) in [4.78, 5) is 0. The van der Waals surface area contributed by atoms with Crippen LogP contribution < -0.4 is 0 Å². The van der Waals surface area contributed by atoms with Gasteiger partial charge in [0.15, 0.2) is 0 Å². The van der Waals surface area contributed by atoms with E-state index < -0.39 is 0 Å². The predicted molar refractivity (Wildman–Crippen MR) is 58.7 cm³/mol. The minimum atomic E-state index is 0.377. The van der Waals surface area contributed by atoms with Crippen molar-refractivity contribution in [2.75, 3.05) is 18.5 Å². The van der Waals surface area contributed by atoms with Gasteiger partial charge in [-0.05, 0) is 36.3 Å². The molecule has 0 bridgehead atoms. The molecule has 2 nitrogen and oxygen atoms in total. The molecular weight excluding hydrogens is 244 g/mol. The highest BCUT2D eigenvalue weighted by Gasteiger charge is 2.31. The number of halogens is 1. The number of ether oxygens (including phenoxy) is 1. The lowest BCUT2D eigenvalue weighted by molar-refractivity contribution is 0.0269. The Labute approximate surface area is 92.8 Å². The quantitative estimate of drug-likeness (QED) is 0.778. The first-order valence-electron chi connectivity index (χ1n) is 4.99. The van der Waals surface area contributed by atoms with E-state index >= 15 is 0 Å². The number of alkyl halides is 1. The molecule has 1 saturated heterocycles. The van der Waals surface area contributed by atoms with E-state index in [0.717, 1.165) is 37.8 Å². The Morgan fingerprint density at radius 3 is 2.71 bits per heavy atom. The van der Waals surface area contributed by atoms with E-state index in [2.05, 4.69) is 22.0 Å². The predicted octanol–water partition coefficient (Wildman–Crippen LogP) is 3.01. The zero-order valence-corrected chi connectivity index (χ0v) is 9.76. The Bertz CT molecular complexity index is 263. The van der Waals surface area contributed by atoms with E-state index in [0.29, 0.717) is 5.41 Å². The first-order valence-corrected chi connectivity index (χ1v) is 6.12. The molecule has 1 aliphatic heterocycles. The normalized spacial score (nSPS) is 20.9. The fourth-order valence-corrected chi connectivity index (χ4v) is 2.75. The lowest BCUT2D eigenvalue weighted by atomic mass is 9.78. The zero-order chi connectivity index (χ0) is 9.86. The van der Waals surface area contributed by atoms with Crippen molar-refractivity contribution in [3.8, 4) is 0 Å². The highest BCUT2D eigenvalue weighted by atomic mass is 79.9. The van der Waals surface area contributed by atoms with Crippen LogP contribution in [0.1, 0.15) is 18.4 Å². The van der Waals surface area contributed by atoms with Crippen LogP contribution in [0.5, 0.6) is 0 Å². The third kappa shape index (κ3) is 2.20. The Balaban J connectivity index is 2.04. The minimum absolute atomic E-state index is 0.377. The van der Waals surface area contributed by atoms with Crippen molar-refractivity contribution >= 4 is 15.9 Å². The van der Waals surface area contributed by atoms with E-state index in [4.69, 9.17) is 9.15 Å². The van der Waals surface area contributed by atoms with Gasteiger partial charge in [0, 0.05) is 18.5 Å². The molecule has 1 fully saturated rings. The van der Waals surface area contributed by atoms with E-state index in [1.165, 1.54) is 5.56 Å². The van der Waals surface area contributed by atoms with Crippen LogP contribution in [0.15, 0.2) is 23.0 Å². The lowest BCUT2D eigenvalue weighted by Gasteiger charge is -2.35. The van der Waals surface area contributed by atoms with Crippen molar-refractivity contribution in [1.82, 2.24) is 0 Å². The van der Waals surface area contributed by atoms with Gasteiger partial charge in [-0.3, -0.25) is 0 Å². The highest BCUT2D eigenvalue weighted by Crippen LogP contribution is 2.36. The van der Waals surface area contributed by atoms with Crippen molar-refractivity contribution in [3.05, 3.63) is 24.2 Å². The highest BCUT2D eigenvalue weighted by molar-refractivity contribution is 9.09. The number of hydrogen-bond acceptors (Lipinski definition) is 2. The fraction of sp³-hybridized carbons (Fsp3) is 0.636. The standard InChI is InChI=1S/C11H15BrO2/c12-9-11(2-5-13-6-3-11)7-10-1-4-14-8-10/h1,4,8H,2-3,5-7,9H2. The molecule has 0 N–H and O–H groups in total. The zero-order valence-electron chi connectivity index (χ0n) is 8.17. The molecule has 1 aromatic heterocycles. The van der Waals surface area contributed by atoms with Crippen molar-refractivity contribution < 1.29 is 9.15 Å². The summed E-state index contributed by atoms with van der Waals surface area (Å²) >= 11 is 3.63. The van der Waals surface area contributed by atoms with Crippen molar-refractivity contribution in [3.63, 3.8) is 0 Å². The molecule has 0 radical (unpaired) electrons. The lowest BCUT2D eigenvalue weighted by Crippen LogP contribution is -2.33. The minimum Gasteiger partial charge on any atom is -0.472 e. The maximum Gasteiger partial charge on any atom is 0.0934 e. The number of rotatable bonds is 3. The summed E-state index contributed by atoms with van der Waals surface area (Å²) in [6.45, 7) is 1.78. The van der Waals surface area contributed by atoms with Crippen LogP contribution in [0, 0.1) is 5.41 Å². The van der Waals surface area contributed by atoms with Gasteiger partial charge >= 0.3 is 0 Å². The Morgan fingerprint density at radius 1 is 1.36 bits per heavy atom. The molecular formula is C11H15BrO2. The van der Waals surface area contributed by atoms with Crippen LogP contribution >= 0.6 is 15.9 Å². The van der Waals surface area contributed by atoms with Gasteiger partial charge in [0.05, 0.1) is 12.5 Å². The van der Waals surface area contributed by atoms with E-state index in [-0.39, 0.29) is 0 Å². The molecule has 0 aliphatic carbocycles. The maximum atomic E-state index is 5.40. The topological polar surface area (TPSA) is 22.4 Å². The second kappa shape index (κ2) is 4.49. The summed E-state index contributed by atoms with van der Waals surface area (Å²) in [6, 6.07) is 2.06. The molecule has 0 unspecified atom stereocenters. The second-order valence-electron chi connectivity index (χ2n) is 4.05. The smallest absolute Gasteiger partial charge is 0.0934 e. The van der Waals surface area contributed by atoms with Gasteiger partial charge in [0.1, 0.15) is 0 Å². The molecule has 1 aliphatic rings. The number of hydrogen-bond donors (Lipinski definition) is 0. The molecule has 0 aromatic carbocycles. The van der Waals surface area contributed by atoms with Crippen molar-refractivity contribution in [2.24, 2.45) is 5.41 Å². The van der Waals surface area contributed by atoms with E-state index in [9.17, 15) is 0 Å².